The molecule has 2 aliphatic heterocycles. The molecule has 9 nitrogen and oxygen atoms in total. The molecule has 0 radical (unpaired) electrons. The average Bonchev–Trinajstić information content (AvgIpc) is 3.01. The predicted octanol–water partition coefficient (Wildman–Crippen LogP) is 5.44. The maximum absolute atomic E-state index is 12.0. The van der Waals surface area contributed by atoms with E-state index in [1.54, 1.807) is 69.9 Å². The number of methoxy groups -OCH3 is 3. The van der Waals surface area contributed by atoms with Gasteiger partial charge in [-0.2, -0.15) is 0 Å². The Morgan fingerprint density at radius 2 is 1.61 bits per heavy atom. The van der Waals surface area contributed by atoms with Gasteiger partial charge in [0.2, 0.25) is 0 Å². The molecule has 44 heavy (non-hydrogen) atoms. The van der Waals surface area contributed by atoms with Crippen LogP contribution in [0.15, 0.2) is 60.7 Å². The lowest BCUT2D eigenvalue weighted by Gasteiger charge is -2.45. The summed E-state index contributed by atoms with van der Waals surface area (Å²) in [6.45, 7) is 0.683. The standard InChI is InChI=1S/C35H38O9/c1-40-11-5-8-29-31(33(39)27-17-30(42-3)25-15-22(37)9-10-24(25)35(27)44-29)28-18-43-34-20(12-19-6-4-7-21(36)13-19)14-23(41-2)16-26(34)32(28)38/h4,6-7,9-10,13-17,28-29,31-33,36-39H,5,8,11-12,18H2,1-3H3/t28-,29-,31+,32+,33-/m0/s1. The number of aromatic hydroxyl groups is 2. The second-order valence-corrected chi connectivity index (χ2v) is 11.5. The minimum atomic E-state index is -0.999. The molecule has 0 amide bonds. The molecule has 232 valence electrons. The van der Waals surface area contributed by atoms with Gasteiger partial charge < -0.3 is 44.1 Å². The minimum absolute atomic E-state index is 0.0987. The van der Waals surface area contributed by atoms with Gasteiger partial charge in [0.25, 0.3) is 0 Å². The zero-order valence-electron chi connectivity index (χ0n) is 25.0. The SMILES string of the molecule is COCCC[C@@H]1Oc2c(cc(OC)c3cc(O)ccc23)[C@H](O)[C@@H]1[C@@H]1COc2c(Cc3cccc(O)c3)cc(OC)cc2[C@H]1O. The quantitative estimate of drug-likeness (QED) is 0.185. The molecular formula is C35H38O9. The largest absolute Gasteiger partial charge is 0.508 e. The highest BCUT2D eigenvalue weighted by Crippen LogP contribution is 2.53. The first kappa shape index (κ1) is 29.9. The summed E-state index contributed by atoms with van der Waals surface area (Å²) in [5.74, 6) is 1.42. The van der Waals surface area contributed by atoms with Crippen LogP contribution in [0.2, 0.25) is 0 Å². The van der Waals surface area contributed by atoms with Crippen LogP contribution in [0.4, 0.5) is 0 Å². The van der Waals surface area contributed by atoms with E-state index in [-0.39, 0.29) is 18.1 Å². The lowest BCUT2D eigenvalue weighted by molar-refractivity contribution is -0.0883. The molecule has 4 aromatic carbocycles. The molecule has 9 heteroatoms. The predicted molar refractivity (Wildman–Crippen MR) is 164 cm³/mol. The summed E-state index contributed by atoms with van der Waals surface area (Å²) in [6.07, 6.45) is -0.698. The van der Waals surface area contributed by atoms with Crippen molar-refractivity contribution in [1.82, 2.24) is 0 Å². The normalized spacial score (nSPS) is 22.4. The molecule has 0 saturated heterocycles. The fourth-order valence-electron chi connectivity index (χ4n) is 6.76. The van der Waals surface area contributed by atoms with Crippen LogP contribution in [-0.2, 0) is 11.2 Å². The topological polar surface area (TPSA) is 127 Å². The third kappa shape index (κ3) is 5.47. The van der Waals surface area contributed by atoms with Gasteiger partial charge in [-0.3, -0.25) is 0 Å². The molecule has 0 fully saturated rings. The maximum Gasteiger partial charge on any atom is 0.133 e. The molecule has 2 aliphatic rings. The summed E-state index contributed by atoms with van der Waals surface area (Å²) in [6, 6.07) is 17.4. The van der Waals surface area contributed by atoms with Gasteiger partial charge in [0, 0.05) is 59.4 Å². The Labute approximate surface area is 256 Å². The number of phenolic OH excluding ortho intramolecular Hbond substituents is 2. The number of ether oxygens (including phenoxy) is 5. The molecular weight excluding hydrogens is 564 g/mol. The number of aliphatic hydroxyl groups excluding tert-OH is 2. The van der Waals surface area contributed by atoms with Crippen LogP contribution in [0.5, 0.6) is 34.5 Å². The van der Waals surface area contributed by atoms with Crippen LogP contribution in [-0.4, -0.2) is 61.1 Å². The monoisotopic (exact) mass is 602 g/mol. The van der Waals surface area contributed by atoms with Gasteiger partial charge in [-0.1, -0.05) is 12.1 Å². The third-order valence-corrected chi connectivity index (χ3v) is 8.85. The summed E-state index contributed by atoms with van der Waals surface area (Å²) < 4.78 is 29.7. The molecule has 4 aromatic rings. The van der Waals surface area contributed by atoms with Crippen molar-refractivity contribution in [2.45, 2.75) is 37.6 Å². The second kappa shape index (κ2) is 12.4. The second-order valence-electron chi connectivity index (χ2n) is 11.5. The van der Waals surface area contributed by atoms with E-state index in [0.29, 0.717) is 65.4 Å². The number of aliphatic hydroxyl groups is 2. The molecule has 6 rings (SSSR count). The number of hydrogen-bond acceptors (Lipinski definition) is 9. The van der Waals surface area contributed by atoms with E-state index in [1.165, 1.54) is 0 Å². The minimum Gasteiger partial charge on any atom is -0.508 e. The summed E-state index contributed by atoms with van der Waals surface area (Å²) >= 11 is 0. The molecule has 0 saturated carbocycles. The summed E-state index contributed by atoms with van der Waals surface area (Å²) in [4.78, 5) is 0. The molecule has 2 heterocycles. The maximum atomic E-state index is 12.0. The van der Waals surface area contributed by atoms with Crippen molar-refractivity contribution >= 4 is 10.8 Å². The van der Waals surface area contributed by atoms with E-state index >= 15 is 0 Å². The van der Waals surface area contributed by atoms with E-state index in [4.69, 9.17) is 23.7 Å². The number of fused-ring (bicyclic) bond motifs is 4. The van der Waals surface area contributed by atoms with Gasteiger partial charge in [0.15, 0.2) is 0 Å². The van der Waals surface area contributed by atoms with E-state index in [9.17, 15) is 20.4 Å². The molecule has 0 aliphatic carbocycles. The van der Waals surface area contributed by atoms with E-state index < -0.39 is 30.1 Å². The first-order valence-corrected chi connectivity index (χ1v) is 14.8. The zero-order valence-corrected chi connectivity index (χ0v) is 25.0. The van der Waals surface area contributed by atoms with E-state index in [1.807, 2.05) is 12.1 Å². The third-order valence-electron chi connectivity index (χ3n) is 8.85. The average molecular weight is 603 g/mol. The van der Waals surface area contributed by atoms with Crippen molar-refractivity contribution in [2.75, 3.05) is 34.5 Å². The molecule has 0 aromatic heterocycles. The number of phenols is 2. The summed E-state index contributed by atoms with van der Waals surface area (Å²) in [5, 5.41) is 45.6. The molecule has 0 spiro atoms. The Bertz CT molecular complexity index is 1650. The van der Waals surface area contributed by atoms with Crippen LogP contribution >= 0.6 is 0 Å². The zero-order chi connectivity index (χ0) is 31.0. The van der Waals surface area contributed by atoms with Crippen molar-refractivity contribution in [3.63, 3.8) is 0 Å². The van der Waals surface area contributed by atoms with Crippen LogP contribution in [0.1, 0.15) is 47.3 Å². The smallest absolute Gasteiger partial charge is 0.133 e. The Morgan fingerprint density at radius 3 is 2.36 bits per heavy atom. The van der Waals surface area contributed by atoms with Crippen molar-refractivity contribution in [2.24, 2.45) is 11.8 Å². The number of benzene rings is 4. The van der Waals surface area contributed by atoms with Gasteiger partial charge in [-0.05, 0) is 66.9 Å². The van der Waals surface area contributed by atoms with Gasteiger partial charge >= 0.3 is 0 Å². The Hall–Kier alpha value is -4.18. The van der Waals surface area contributed by atoms with Crippen molar-refractivity contribution in [3.8, 4) is 34.5 Å². The van der Waals surface area contributed by atoms with Crippen molar-refractivity contribution in [1.29, 1.82) is 0 Å². The molecule has 4 N–H and O–H groups in total. The fourth-order valence-corrected chi connectivity index (χ4v) is 6.76. The van der Waals surface area contributed by atoms with Gasteiger partial charge in [0.1, 0.15) is 40.6 Å². The molecule has 0 unspecified atom stereocenters. The Balaban J connectivity index is 1.40. The van der Waals surface area contributed by atoms with E-state index in [2.05, 4.69) is 0 Å². The van der Waals surface area contributed by atoms with E-state index in [0.717, 1.165) is 16.5 Å². The van der Waals surface area contributed by atoms with Crippen LogP contribution in [0.3, 0.4) is 0 Å². The lowest BCUT2D eigenvalue weighted by Crippen LogP contribution is -2.46. The van der Waals surface area contributed by atoms with Crippen molar-refractivity contribution in [3.05, 3.63) is 82.9 Å². The Kier molecular flexibility index (Phi) is 8.44. The number of hydrogen-bond donors (Lipinski definition) is 4. The molecule has 5 atom stereocenters. The van der Waals surface area contributed by atoms with Crippen LogP contribution in [0, 0.1) is 11.8 Å². The van der Waals surface area contributed by atoms with Gasteiger partial charge in [-0.25, -0.2) is 0 Å². The highest BCUT2D eigenvalue weighted by Gasteiger charge is 2.48. The first-order valence-electron chi connectivity index (χ1n) is 14.8. The highest BCUT2D eigenvalue weighted by molar-refractivity contribution is 5.95. The van der Waals surface area contributed by atoms with Gasteiger partial charge in [0.05, 0.1) is 33.0 Å². The summed E-state index contributed by atoms with van der Waals surface area (Å²) in [5.41, 5.74) is 2.85. The van der Waals surface area contributed by atoms with Crippen LogP contribution in [0.25, 0.3) is 10.8 Å². The van der Waals surface area contributed by atoms with Crippen LogP contribution < -0.4 is 18.9 Å². The first-order chi connectivity index (χ1) is 21.3. The lowest BCUT2D eigenvalue weighted by atomic mass is 9.72. The van der Waals surface area contributed by atoms with Gasteiger partial charge in [-0.15, -0.1) is 0 Å². The highest BCUT2D eigenvalue weighted by atomic mass is 16.5. The fraction of sp³-hybridized carbons (Fsp3) is 0.371. The summed E-state index contributed by atoms with van der Waals surface area (Å²) in [7, 11) is 4.77. The Morgan fingerprint density at radius 1 is 0.818 bits per heavy atom. The number of rotatable bonds is 9. The molecule has 0 bridgehead atoms. The van der Waals surface area contributed by atoms with Crippen molar-refractivity contribution < 1.29 is 44.1 Å².